The van der Waals surface area contributed by atoms with Crippen LogP contribution in [0.5, 0.6) is 0 Å². The maximum atomic E-state index is 11.2. The SMILES string of the molecule is CS(=O)(=O)c1ccc(C[C@H](C#N)C(=O)O)cc1. The first-order valence-electron chi connectivity index (χ1n) is 4.76. The van der Waals surface area contributed by atoms with Crippen LogP contribution >= 0.6 is 0 Å². The second-order valence-electron chi connectivity index (χ2n) is 3.64. The molecule has 0 radical (unpaired) electrons. The first-order valence-corrected chi connectivity index (χ1v) is 6.65. The Bertz CT molecular complexity index is 554. The van der Waals surface area contributed by atoms with Gasteiger partial charge in [-0.15, -0.1) is 0 Å². The third-order valence-corrected chi connectivity index (χ3v) is 3.37. The van der Waals surface area contributed by atoms with E-state index < -0.39 is 21.7 Å². The Hall–Kier alpha value is -1.87. The van der Waals surface area contributed by atoms with E-state index in [4.69, 9.17) is 10.4 Å². The van der Waals surface area contributed by atoms with Crippen molar-refractivity contribution in [3.8, 4) is 6.07 Å². The molecule has 0 saturated carbocycles. The van der Waals surface area contributed by atoms with Crippen molar-refractivity contribution in [1.29, 1.82) is 5.26 Å². The Morgan fingerprint density at radius 2 is 1.94 bits per heavy atom. The summed E-state index contributed by atoms with van der Waals surface area (Å²) < 4.78 is 22.4. The summed E-state index contributed by atoms with van der Waals surface area (Å²) in [6, 6.07) is 7.52. The van der Waals surface area contributed by atoms with Crippen molar-refractivity contribution in [2.75, 3.05) is 6.26 Å². The molecular weight excluding hydrogens is 242 g/mol. The Morgan fingerprint density at radius 1 is 1.41 bits per heavy atom. The number of benzene rings is 1. The maximum absolute atomic E-state index is 11.2. The molecule has 17 heavy (non-hydrogen) atoms. The molecule has 1 N–H and O–H groups in total. The largest absolute Gasteiger partial charge is 0.480 e. The highest BCUT2D eigenvalue weighted by atomic mass is 32.2. The van der Waals surface area contributed by atoms with Gasteiger partial charge in [0, 0.05) is 6.26 Å². The molecule has 0 aliphatic rings. The normalized spacial score (nSPS) is 12.7. The third-order valence-electron chi connectivity index (χ3n) is 2.25. The topological polar surface area (TPSA) is 95.2 Å². The lowest BCUT2D eigenvalue weighted by molar-refractivity contribution is -0.139. The smallest absolute Gasteiger partial charge is 0.321 e. The molecule has 1 rings (SSSR count). The first-order chi connectivity index (χ1) is 7.84. The van der Waals surface area contributed by atoms with Gasteiger partial charge >= 0.3 is 5.97 Å². The Balaban J connectivity index is 2.90. The zero-order chi connectivity index (χ0) is 13.1. The van der Waals surface area contributed by atoms with Crippen LogP contribution in [0.15, 0.2) is 29.2 Å². The highest BCUT2D eigenvalue weighted by molar-refractivity contribution is 7.90. The number of carbonyl (C=O) groups is 1. The molecule has 0 fully saturated rings. The Kier molecular flexibility index (Phi) is 3.86. The van der Waals surface area contributed by atoms with E-state index in [1.165, 1.54) is 24.3 Å². The van der Waals surface area contributed by atoms with Gasteiger partial charge in [0.05, 0.1) is 11.0 Å². The van der Waals surface area contributed by atoms with Gasteiger partial charge in [-0.2, -0.15) is 5.26 Å². The number of nitriles is 1. The number of hydrogen-bond donors (Lipinski definition) is 1. The maximum Gasteiger partial charge on any atom is 0.321 e. The third kappa shape index (κ3) is 3.57. The van der Waals surface area contributed by atoms with Crippen LogP contribution in [0, 0.1) is 17.2 Å². The zero-order valence-electron chi connectivity index (χ0n) is 9.12. The molecule has 6 heteroatoms. The molecule has 0 amide bonds. The summed E-state index contributed by atoms with van der Waals surface area (Å²) in [6.07, 6.45) is 1.16. The van der Waals surface area contributed by atoms with Crippen molar-refractivity contribution < 1.29 is 18.3 Å². The van der Waals surface area contributed by atoms with E-state index in [0.717, 1.165) is 6.26 Å². The Morgan fingerprint density at radius 3 is 2.29 bits per heavy atom. The molecular formula is C11H11NO4S. The highest BCUT2D eigenvalue weighted by Crippen LogP contribution is 2.13. The van der Waals surface area contributed by atoms with Gasteiger partial charge in [0.1, 0.15) is 5.92 Å². The van der Waals surface area contributed by atoms with Crippen LogP contribution in [0.2, 0.25) is 0 Å². The van der Waals surface area contributed by atoms with Crippen molar-refractivity contribution in [3.05, 3.63) is 29.8 Å². The molecule has 1 aromatic rings. The van der Waals surface area contributed by atoms with Crippen LogP contribution < -0.4 is 0 Å². The summed E-state index contributed by atoms with van der Waals surface area (Å²) in [5, 5.41) is 17.3. The van der Waals surface area contributed by atoms with Gasteiger partial charge in [-0.3, -0.25) is 4.79 Å². The summed E-state index contributed by atoms with van der Waals surface area (Å²) in [5.74, 6) is -2.29. The fraction of sp³-hybridized carbons (Fsp3) is 0.273. The van der Waals surface area contributed by atoms with Gasteiger partial charge in [0.25, 0.3) is 0 Å². The van der Waals surface area contributed by atoms with Crippen molar-refractivity contribution in [2.45, 2.75) is 11.3 Å². The molecule has 1 atom stereocenters. The molecule has 0 aromatic heterocycles. The number of aliphatic carboxylic acids is 1. The molecule has 0 heterocycles. The van der Waals surface area contributed by atoms with Gasteiger partial charge in [-0.25, -0.2) is 8.42 Å². The monoisotopic (exact) mass is 253 g/mol. The lowest BCUT2D eigenvalue weighted by Crippen LogP contribution is -2.14. The van der Waals surface area contributed by atoms with Gasteiger partial charge in [0.2, 0.25) is 0 Å². The van der Waals surface area contributed by atoms with E-state index >= 15 is 0 Å². The number of carboxylic acids is 1. The van der Waals surface area contributed by atoms with Crippen LogP contribution in [-0.4, -0.2) is 25.7 Å². The van der Waals surface area contributed by atoms with E-state index in [1.54, 1.807) is 6.07 Å². The highest BCUT2D eigenvalue weighted by Gasteiger charge is 2.17. The average molecular weight is 253 g/mol. The molecule has 1 aromatic carbocycles. The molecule has 0 unspecified atom stereocenters. The molecule has 0 aliphatic carbocycles. The predicted molar refractivity (Wildman–Crippen MR) is 60.0 cm³/mol. The van der Waals surface area contributed by atoms with Gasteiger partial charge < -0.3 is 5.11 Å². The van der Waals surface area contributed by atoms with Gasteiger partial charge in [0.15, 0.2) is 9.84 Å². The summed E-state index contributed by atoms with van der Waals surface area (Å²) in [6.45, 7) is 0. The minimum Gasteiger partial charge on any atom is -0.480 e. The van der Waals surface area contributed by atoms with Crippen LogP contribution in [0.25, 0.3) is 0 Å². The lowest BCUT2D eigenvalue weighted by atomic mass is 10.0. The van der Waals surface area contributed by atoms with Crippen molar-refractivity contribution >= 4 is 15.8 Å². The summed E-state index contributed by atoms with van der Waals surface area (Å²) in [7, 11) is -3.25. The van der Waals surface area contributed by atoms with E-state index in [-0.39, 0.29) is 11.3 Å². The number of sulfone groups is 1. The van der Waals surface area contributed by atoms with Crippen LogP contribution in [0.3, 0.4) is 0 Å². The molecule has 0 saturated heterocycles. The van der Waals surface area contributed by atoms with Gasteiger partial charge in [-0.1, -0.05) is 12.1 Å². The fourth-order valence-electron chi connectivity index (χ4n) is 1.30. The molecule has 0 bridgehead atoms. The number of hydrogen-bond acceptors (Lipinski definition) is 4. The van der Waals surface area contributed by atoms with Gasteiger partial charge in [-0.05, 0) is 24.1 Å². The fourth-order valence-corrected chi connectivity index (χ4v) is 1.93. The second kappa shape index (κ2) is 4.97. The van der Waals surface area contributed by atoms with Crippen molar-refractivity contribution in [3.63, 3.8) is 0 Å². The molecule has 0 spiro atoms. The lowest BCUT2D eigenvalue weighted by Gasteiger charge is -2.04. The standard InChI is InChI=1S/C11H11NO4S/c1-17(15,16)10-4-2-8(3-5-10)6-9(7-12)11(13)14/h2-5,9H,6H2,1H3,(H,13,14)/t9-/m1/s1. The molecule has 0 aliphatic heterocycles. The van der Waals surface area contributed by atoms with E-state index in [9.17, 15) is 13.2 Å². The minimum absolute atomic E-state index is 0.0654. The van der Waals surface area contributed by atoms with Crippen molar-refractivity contribution in [2.24, 2.45) is 5.92 Å². The van der Waals surface area contributed by atoms with E-state index in [1.807, 2.05) is 0 Å². The van der Waals surface area contributed by atoms with E-state index in [0.29, 0.717) is 5.56 Å². The quantitative estimate of drug-likeness (QED) is 0.858. The minimum atomic E-state index is -3.25. The molecule has 90 valence electrons. The number of carboxylic acid groups (broad SMARTS) is 1. The summed E-state index contributed by atoms with van der Waals surface area (Å²) in [5.41, 5.74) is 0.617. The second-order valence-corrected chi connectivity index (χ2v) is 5.66. The zero-order valence-corrected chi connectivity index (χ0v) is 9.94. The summed E-state index contributed by atoms with van der Waals surface area (Å²) >= 11 is 0. The van der Waals surface area contributed by atoms with Crippen LogP contribution in [-0.2, 0) is 21.1 Å². The first kappa shape index (κ1) is 13.2. The van der Waals surface area contributed by atoms with Crippen molar-refractivity contribution in [1.82, 2.24) is 0 Å². The number of nitrogens with zero attached hydrogens (tertiary/aromatic N) is 1. The van der Waals surface area contributed by atoms with Crippen LogP contribution in [0.4, 0.5) is 0 Å². The predicted octanol–water partition coefficient (Wildman–Crippen LogP) is 0.857. The van der Waals surface area contributed by atoms with Crippen LogP contribution in [0.1, 0.15) is 5.56 Å². The number of rotatable bonds is 4. The molecule has 5 nitrogen and oxygen atoms in total. The van der Waals surface area contributed by atoms with E-state index in [2.05, 4.69) is 0 Å². The average Bonchev–Trinajstić information content (AvgIpc) is 2.25. The Labute approximate surface area is 99.2 Å². The summed E-state index contributed by atoms with van der Waals surface area (Å²) in [4.78, 5) is 10.8.